The lowest BCUT2D eigenvalue weighted by Gasteiger charge is -2.13. The minimum atomic E-state index is -1.24. The van der Waals surface area contributed by atoms with Crippen molar-refractivity contribution < 1.29 is 24.9 Å². The first-order chi connectivity index (χ1) is 7.54. The van der Waals surface area contributed by atoms with E-state index in [-0.39, 0.29) is 5.75 Å². The zero-order valence-corrected chi connectivity index (χ0v) is 8.25. The fraction of sp³-hybridized carbons (Fsp3) is 0.200. The van der Waals surface area contributed by atoms with Crippen LogP contribution in [-0.2, 0) is 9.59 Å². The van der Waals surface area contributed by atoms with Gasteiger partial charge in [0.15, 0.2) is 6.04 Å². The van der Waals surface area contributed by atoms with Gasteiger partial charge in [-0.3, -0.25) is 4.79 Å². The Labute approximate surface area is 91.1 Å². The van der Waals surface area contributed by atoms with E-state index in [1.54, 1.807) is 0 Å². The van der Waals surface area contributed by atoms with E-state index in [1.165, 1.54) is 24.3 Å². The Bertz CT molecular complexity index is 387. The number of carboxylic acid groups (broad SMARTS) is 1. The van der Waals surface area contributed by atoms with E-state index in [4.69, 9.17) is 15.3 Å². The highest BCUT2D eigenvalue weighted by Crippen LogP contribution is 2.17. The van der Waals surface area contributed by atoms with Crippen molar-refractivity contribution in [3.05, 3.63) is 29.8 Å². The molecule has 1 aromatic carbocycles. The maximum Gasteiger partial charge on any atom is 0.330 e. The van der Waals surface area contributed by atoms with Gasteiger partial charge in [-0.15, -0.1) is 0 Å². The summed E-state index contributed by atoms with van der Waals surface area (Å²) in [5.74, 6) is -2.02. The number of carbonyl (C=O) groups excluding carboxylic acids is 1. The van der Waals surface area contributed by atoms with Gasteiger partial charge in [0.1, 0.15) is 12.4 Å². The maximum absolute atomic E-state index is 10.9. The molecule has 6 heteroatoms. The topological polar surface area (TPSA) is 107 Å². The zero-order chi connectivity index (χ0) is 12.1. The third kappa shape index (κ3) is 2.96. The van der Waals surface area contributed by atoms with Crippen molar-refractivity contribution in [2.24, 2.45) is 0 Å². The van der Waals surface area contributed by atoms with E-state index >= 15 is 0 Å². The lowest BCUT2D eigenvalue weighted by Crippen LogP contribution is -2.35. The fourth-order valence-electron chi connectivity index (χ4n) is 1.16. The van der Waals surface area contributed by atoms with Crippen molar-refractivity contribution in [3.63, 3.8) is 0 Å². The van der Waals surface area contributed by atoms with Gasteiger partial charge in [-0.2, -0.15) is 0 Å². The maximum atomic E-state index is 10.9. The van der Waals surface area contributed by atoms with Gasteiger partial charge in [0.25, 0.3) is 0 Å². The average molecular weight is 225 g/mol. The number of benzene rings is 1. The molecule has 0 unspecified atom stereocenters. The second kappa shape index (κ2) is 5.13. The zero-order valence-electron chi connectivity index (χ0n) is 8.25. The van der Waals surface area contributed by atoms with Crippen molar-refractivity contribution in [2.45, 2.75) is 6.04 Å². The number of carboxylic acids is 1. The highest BCUT2D eigenvalue weighted by Gasteiger charge is 2.21. The molecule has 0 saturated carbocycles. The number of phenols is 1. The number of hydrogen-bond acceptors (Lipinski definition) is 4. The molecule has 0 saturated heterocycles. The molecular weight excluding hydrogens is 214 g/mol. The summed E-state index contributed by atoms with van der Waals surface area (Å²) in [4.78, 5) is 21.8. The fourth-order valence-corrected chi connectivity index (χ4v) is 1.16. The normalized spacial score (nSPS) is 11.8. The Morgan fingerprint density at radius 3 is 2.25 bits per heavy atom. The van der Waals surface area contributed by atoms with Crippen molar-refractivity contribution in [1.29, 1.82) is 0 Å². The lowest BCUT2D eigenvalue weighted by atomic mass is 10.1. The van der Waals surface area contributed by atoms with Crippen LogP contribution in [0, 0.1) is 0 Å². The summed E-state index contributed by atoms with van der Waals surface area (Å²) in [7, 11) is 0. The van der Waals surface area contributed by atoms with Gasteiger partial charge in [-0.25, -0.2) is 4.79 Å². The first-order valence-electron chi connectivity index (χ1n) is 4.46. The molecule has 1 aromatic rings. The Balaban J connectivity index is 2.89. The van der Waals surface area contributed by atoms with Crippen LogP contribution in [0.3, 0.4) is 0 Å². The van der Waals surface area contributed by atoms with Crippen molar-refractivity contribution in [1.82, 2.24) is 5.32 Å². The number of nitrogens with one attached hydrogen (secondary N) is 1. The molecule has 16 heavy (non-hydrogen) atoms. The summed E-state index contributed by atoms with van der Waals surface area (Å²) < 4.78 is 0. The van der Waals surface area contributed by atoms with E-state index in [0.717, 1.165) is 0 Å². The minimum absolute atomic E-state index is 0.00127. The molecule has 0 bridgehead atoms. The molecule has 0 radical (unpaired) electrons. The molecule has 0 aliphatic heterocycles. The summed E-state index contributed by atoms with van der Waals surface area (Å²) in [5, 5.41) is 28.6. The molecule has 0 fully saturated rings. The number of aromatic hydroxyl groups is 1. The minimum Gasteiger partial charge on any atom is -0.508 e. The summed E-state index contributed by atoms with van der Waals surface area (Å²) >= 11 is 0. The smallest absolute Gasteiger partial charge is 0.330 e. The molecule has 4 N–H and O–H groups in total. The molecular formula is C10H11NO5. The van der Waals surface area contributed by atoms with Crippen molar-refractivity contribution in [3.8, 4) is 5.75 Å². The Morgan fingerprint density at radius 1 is 1.25 bits per heavy atom. The predicted octanol–water partition coefficient (Wildman–Crippen LogP) is -0.374. The van der Waals surface area contributed by atoms with E-state index in [9.17, 15) is 9.59 Å². The van der Waals surface area contributed by atoms with Gasteiger partial charge in [-0.1, -0.05) is 12.1 Å². The first-order valence-corrected chi connectivity index (χ1v) is 4.46. The summed E-state index contributed by atoms with van der Waals surface area (Å²) in [6.07, 6.45) is 0. The number of aliphatic hydroxyl groups excluding tert-OH is 1. The molecule has 86 valence electrons. The van der Waals surface area contributed by atoms with Crippen LogP contribution < -0.4 is 5.32 Å². The number of amides is 1. The Morgan fingerprint density at radius 2 is 1.81 bits per heavy atom. The Hall–Kier alpha value is -2.08. The van der Waals surface area contributed by atoms with Crippen LogP contribution >= 0.6 is 0 Å². The van der Waals surface area contributed by atoms with Crippen LogP contribution in [0.5, 0.6) is 5.75 Å². The SMILES string of the molecule is O=C(CO)N[C@@H](C(=O)O)c1ccc(O)cc1. The number of aliphatic hydroxyl groups is 1. The van der Waals surface area contributed by atoms with Crippen LogP contribution in [0.2, 0.25) is 0 Å². The van der Waals surface area contributed by atoms with E-state index in [1.807, 2.05) is 0 Å². The van der Waals surface area contributed by atoms with Crippen LogP contribution in [-0.4, -0.2) is 33.8 Å². The van der Waals surface area contributed by atoms with Gasteiger partial charge in [0.05, 0.1) is 0 Å². The lowest BCUT2D eigenvalue weighted by molar-refractivity contribution is -0.142. The molecule has 0 aliphatic carbocycles. The van der Waals surface area contributed by atoms with Gasteiger partial charge in [0, 0.05) is 0 Å². The second-order valence-electron chi connectivity index (χ2n) is 3.09. The third-order valence-corrected chi connectivity index (χ3v) is 1.92. The molecule has 0 aromatic heterocycles. The number of rotatable bonds is 4. The number of hydrogen-bond donors (Lipinski definition) is 4. The third-order valence-electron chi connectivity index (χ3n) is 1.92. The molecule has 0 heterocycles. The van der Waals surface area contributed by atoms with Crippen molar-refractivity contribution in [2.75, 3.05) is 6.61 Å². The monoisotopic (exact) mass is 225 g/mol. The average Bonchev–Trinajstić information content (AvgIpc) is 2.26. The standard InChI is InChI=1S/C10H11NO5/c12-5-8(14)11-9(10(15)16)6-1-3-7(13)4-2-6/h1-4,9,12-13H,5H2,(H,11,14)(H,15,16)/t9-/m1/s1. The summed E-state index contributed by atoms with van der Waals surface area (Å²) in [6.45, 7) is -0.776. The molecule has 0 aliphatic rings. The largest absolute Gasteiger partial charge is 0.508 e. The number of aliphatic carboxylic acids is 1. The number of carbonyl (C=O) groups is 2. The molecule has 0 spiro atoms. The molecule has 1 atom stereocenters. The van der Waals surface area contributed by atoms with E-state index in [0.29, 0.717) is 5.56 Å². The van der Waals surface area contributed by atoms with E-state index < -0.39 is 24.5 Å². The first kappa shape index (κ1) is 12.0. The highest BCUT2D eigenvalue weighted by atomic mass is 16.4. The second-order valence-corrected chi connectivity index (χ2v) is 3.09. The van der Waals surface area contributed by atoms with Gasteiger partial charge >= 0.3 is 5.97 Å². The van der Waals surface area contributed by atoms with Crippen LogP contribution in [0.1, 0.15) is 11.6 Å². The van der Waals surface area contributed by atoms with Crippen molar-refractivity contribution >= 4 is 11.9 Å². The molecule has 1 rings (SSSR count). The van der Waals surface area contributed by atoms with Crippen LogP contribution in [0.25, 0.3) is 0 Å². The number of phenolic OH excluding ortho intramolecular Hbond substituents is 1. The van der Waals surface area contributed by atoms with Gasteiger partial charge in [0.2, 0.25) is 5.91 Å². The van der Waals surface area contributed by atoms with Gasteiger partial charge < -0.3 is 20.6 Å². The van der Waals surface area contributed by atoms with Crippen LogP contribution in [0.15, 0.2) is 24.3 Å². The van der Waals surface area contributed by atoms with Gasteiger partial charge in [-0.05, 0) is 17.7 Å². The summed E-state index contributed by atoms with van der Waals surface area (Å²) in [5.41, 5.74) is 0.312. The van der Waals surface area contributed by atoms with E-state index in [2.05, 4.69) is 5.32 Å². The highest BCUT2D eigenvalue weighted by molar-refractivity contribution is 5.85. The predicted molar refractivity (Wildman–Crippen MR) is 53.7 cm³/mol. The molecule has 1 amide bonds. The summed E-state index contributed by atoms with van der Waals surface area (Å²) in [6, 6.07) is 4.16. The molecule has 6 nitrogen and oxygen atoms in total. The quantitative estimate of drug-likeness (QED) is 0.559. The van der Waals surface area contributed by atoms with Crippen LogP contribution in [0.4, 0.5) is 0 Å². The Kier molecular flexibility index (Phi) is 3.84.